The van der Waals surface area contributed by atoms with Crippen LogP contribution in [-0.2, 0) is 11.3 Å². The summed E-state index contributed by atoms with van der Waals surface area (Å²) in [5.74, 6) is -1.32. The molecule has 1 N–H and O–H groups in total. The molecule has 0 aliphatic carbocycles. The summed E-state index contributed by atoms with van der Waals surface area (Å²) in [4.78, 5) is 27.5. The predicted octanol–water partition coefficient (Wildman–Crippen LogP) is 4.06. The van der Waals surface area contributed by atoms with E-state index >= 15 is 0 Å². The lowest BCUT2D eigenvalue weighted by Gasteiger charge is -2.16. The zero-order valence-corrected chi connectivity index (χ0v) is 16.6. The van der Waals surface area contributed by atoms with Crippen molar-refractivity contribution < 1.29 is 13.5 Å². The summed E-state index contributed by atoms with van der Waals surface area (Å²) in [5, 5.41) is 0.0146. The second kappa shape index (κ2) is 7.18. The highest BCUT2D eigenvalue weighted by atomic mass is 35.5. The summed E-state index contributed by atoms with van der Waals surface area (Å²) in [6.45, 7) is 0.205. The van der Waals surface area contributed by atoms with E-state index in [0.717, 1.165) is 6.07 Å². The molecule has 0 saturated carbocycles. The van der Waals surface area contributed by atoms with Gasteiger partial charge in [-0.1, -0.05) is 23.2 Å². The molecule has 1 aromatic heterocycles. The van der Waals surface area contributed by atoms with Crippen LogP contribution in [0.2, 0.25) is 10.0 Å². The van der Waals surface area contributed by atoms with Gasteiger partial charge in [-0.25, -0.2) is 13.6 Å². The molecule has 5 nitrogen and oxygen atoms in total. The number of nitrogens with zero attached hydrogens (tertiary/aromatic N) is 1. The van der Waals surface area contributed by atoms with Crippen LogP contribution < -0.4 is 11.2 Å². The zero-order chi connectivity index (χ0) is 20.2. The normalized spacial score (nSPS) is 16.4. The van der Waals surface area contributed by atoms with Gasteiger partial charge in [0.1, 0.15) is 11.6 Å². The first-order valence-electron chi connectivity index (χ1n) is 8.11. The Bertz CT molecular complexity index is 1240. The molecule has 0 saturated heterocycles. The zero-order valence-electron chi connectivity index (χ0n) is 14.3. The molecule has 0 unspecified atom stereocenters. The van der Waals surface area contributed by atoms with Gasteiger partial charge in [0.15, 0.2) is 0 Å². The Balaban J connectivity index is 2.16. The van der Waals surface area contributed by atoms with Crippen LogP contribution in [0, 0.1) is 11.6 Å². The Morgan fingerprint density at radius 3 is 2.64 bits per heavy atom. The minimum Gasteiger partial charge on any atom is -0.379 e. The van der Waals surface area contributed by atoms with Crippen LogP contribution in [0.4, 0.5) is 8.78 Å². The number of aromatic nitrogens is 2. The molecule has 146 valence electrons. The van der Waals surface area contributed by atoms with E-state index < -0.39 is 22.9 Å². The molecule has 0 bridgehead atoms. The van der Waals surface area contributed by atoms with E-state index in [1.807, 2.05) is 0 Å². The van der Waals surface area contributed by atoms with Crippen molar-refractivity contribution in [3.8, 4) is 11.1 Å². The van der Waals surface area contributed by atoms with E-state index in [4.69, 9.17) is 27.9 Å². The SMILES string of the molecule is CO[C@@H]1CSc2c(-c3cc(Cl)c(F)cc3F)c(Cl)cc3c(=O)[nH]c(=O)n(c23)C1. The second-order valence-corrected chi connectivity index (χ2v) is 8.09. The molecular weight excluding hydrogens is 433 g/mol. The lowest BCUT2D eigenvalue weighted by molar-refractivity contribution is 0.107. The molecular formula is C18H12Cl2F2N2O3S. The van der Waals surface area contributed by atoms with Gasteiger partial charge in [-0.3, -0.25) is 14.3 Å². The number of hydrogen-bond acceptors (Lipinski definition) is 4. The lowest BCUT2D eigenvalue weighted by Crippen LogP contribution is -2.34. The maximum atomic E-state index is 14.6. The topological polar surface area (TPSA) is 64.1 Å². The Kier molecular flexibility index (Phi) is 4.99. The van der Waals surface area contributed by atoms with Gasteiger partial charge in [0.05, 0.1) is 33.6 Å². The number of methoxy groups -OCH3 is 1. The second-order valence-electron chi connectivity index (χ2n) is 6.24. The van der Waals surface area contributed by atoms with Crippen molar-refractivity contribution in [1.29, 1.82) is 0 Å². The molecule has 3 aromatic rings. The highest BCUT2D eigenvalue weighted by Gasteiger charge is 2.27. The van der Waals surface area contributed by atoms with E-state index in [-0.39, 0.29) is 39.2 Å². The third-order valence-corrected chi connectivity index (χ3v) is 6.41. The highest BCUT2D eigenvalue weighted by Crippen LogP contribution is 2.44. The number of benzene rings is 2. The molecule has 0 spiro atoms. The largest absolute Gasteiger partial charge is 0.379 e. The van der Waals surface area contributed by atoms with Gasteiger partial charge < -0.3 is 4.74 Å². The van der Waals surface area contributed by atoms with Crippen LogP contribution >= 0.6 is 35.0 Å². The summed E-state index contributed by atoms with van der Waals surface area (Å²) in [5.41, 5.74) is -0.642. The van der Waals surface area contributed by atoms with Crippen LogP contribution in [0.3, 0.4) is 0 Å². The Labute approximate surface area is 171 Å². The number of halogens is 4. The van der Waals surface area contributed by atoms with E-state index in [9.17, 15) is 18.4 Å². The van der Waals surface area contributed by atoms with Crippen molar-refractivity contribution in [2.75, 3.05) is 12.9 Å². The molecule has 1 aliphatic heterocycles. The molecule has 28 heavy (non-hydrogen) atoms. The monoisotopic (exact) mass is 444 g/mol. The number of hydrogen-bond donors (Lipinski definition) is 1. The fourth-order valence-corrected chi connectivity index (χ4v) is 5.09. The van der Waals surface area contributed by atoms with E-state index in [1.54, 1.807) is 0 Å². The summed E-state index contributed by atoms with van der Waals surface area (Å²) < 4.78 is 35.0. The number of thioether (sulfide) groups is 1. The average Bonchev–Trinajstić information content (AvgIpc) is 2.84. The van der Waals surface area contributed by atoms with Gasteiger partial charge in [-0.2, -0.15) is 0 Å². The molecule has 0 amide bonds. The summed E-state index contributed by atoms with van der Waals surface area (Å²) >= 11 is 13.5. The van der Waals surface area contributed by atoms with Crippen LogP contribution in [0.25, 0.3) is 22.0 Å². The Morgan fingerprint density at radius 2 is 1.93 bits per heavy atom. The van der Waals surface area contributed by atoms with Gasteiger partial charge in [0.2, 0.25) is 0 Å². The average molecular weight is 445 g/mol. The van der Waals surface area contributed by atoms with Crippen LogP contribution in [0.1, 0.15) is 0 Å². The molecule has 1 aliphatic rings. The first kappa shape index (κ1) is 19.4. The van der Waals surface area contributed by atoms with Gasteiger partial charge >= 0.3 is 5.69 Å². The van der Waals surface area contributed by atoms with E-state index in [2.05, 4.69) is 4.98 Å². The van der Waals surface area contributed by atoms with Crippen molar-refractivity contribution in [3.63, 3.8) is 0 Å². The fraction of sp³-hybridized carbons (Fsp3) is 0.222. The first-order valence-corrected chi connectivity index (χ1v) is 9.85. The van der Waals surface area contributed by atoms with Gasteiger partial charge in [0, 0.05) is 35.0 Å². The lowest BCUT2D eigenvalue weighted by atomic mass is 10.0. The molecule has 2 aromatic carbocycles. The van der Waals surface area contributed by atoms with E-state index in [1.165, 1.54) is 29.5 Å². The summed E-state index contributed by atoms with van der Waals surface area (Å²) in [7, 11) is 1.52. The quantitative estimate of drug-likeness (QED) is 0.605. The van der Waals surface area contributed by atoms with E-state index in [0.29, 0.717) is 22.2 Å². The molecule has 4 rings (SSSR count). The number of H-pyrrole nitrogens is 1. The molecule has 0 radical (unpaired) electrons. The minimum atomic E-state index is -0.897. The number of nitrogens with one attached hydrogen (secondary N) is 1. The number of ether oxygens (including phenoxy) is 1. The summed E-state index contributed by atoms with van der Waals surface area (Å²) in [6, 6.07) is 3.19. The highest BCUT2D eigenvalue weighted by molar-refractivity contribution is 7.99. The standard InChI is InChI=1S/C18H12Cl2F2N2O3S/c1-27-7-5-24-15-9(17(25)23-18(24)26)3-11(20)14(16(15)28-6-7)8-2-10(19)13(22)4-12(8)21/h2-4,7H,5-6H2,1H3,(H,23,25,26)/t7-/m0/s1. The number of aromatic amines is 1. The third kappa shape index (κ3) is 3.04. The Hall–Kier alpha value is -1.87. The van der Waals surface area contributed by atoms with Crippen molar-refractivity contribution in [2.45, 2.75) is 17.5 Å². The van der Waals surface area contributed by atoms with Crippen molar-refractivity contribution in [2.24, 2.45) is 0 Å². The van der Waals surface area contributed by atoms with Crippen molar-refractivity contribution in [3.05, 3.63) is 60.7 Å². The molecule has 1 atom stereocenters. The summed E-state index contributed by atoms with van der Waals surface area (Å²) in [6.07, 6.45) is -0.322. The maximum absolute atomic E-state index is 14.6. The van der Waals surface area contributed by atoms with Crippen molar-refractivity contribution >= 4 is 45.9 Å². The Morgan fingerprint density at radius 1 is 1.18 bits per heavy atom. The first-order chi connectivity index (χ1) is 13.3. The fourth-order valence-electron chi connectivity index (χ4n) is 3.25. The third-order valence-electron chi connectivity index (χ3n) is 4.60. The van der Waals surface area contributed by atoms with Crippen LogP contribution in [-0.4, -0.2) is 28.5 Å². The van der Waals surface area contributed by atoms with Gasteiger partial charge in [-0.05, 0) is 12.1 Å². The predicted molar refractivity (Wildman–Crippen MR) is 106 cm³/mol. The molecule has 2 heterocycles. The van der Waals surface area contributed by atoms with Crippen LogP contribution in [0.15, 0.2) is 32.7 Å². The van der Waals surface area contributed by atoms with Gasteiger partial charge in [0.25, 0.3) is 5.56 Å². The smallest absolute Gasteiger partial charge is 0.328 e. The van der Waals surface area contributed by atoms with Crippen molar-refractivity contribution in [1.82, 2.24) is 9.55 Å². The number of rotatable bonds is 2. The minimum absolute atomic E-state index is 0.0176. The molecule has 10 heteroatoms. The van der Waals surface area contributed by atoms with Gasteiger partial charge in [-0.15, -0.1) is 11.8 Å². The van der Waals surface area contributed by atoms with Crippen LogP contribution in [0.5, 0.6) is 0 Å². The maximum Gasteiger partial charge on any atom is 0.328 e. The molecule has 0 fully saturated rings.